The number of hydrogen-bond donors (Lipinski definition) is 2. The van der Waals surface area contributed by atoms with Gasteiger partial charge in [-0.1, -0.05) is 30.3 Å². The Morgan fingerprint density at radius 2 is 1.77 bits per heavy atom. The lowest BCUT2D eigenvalue weighted by molar-refractivity contribution is -0.117. The van der Waals surface area contributed by atoms with Crippen molar-refractivity contribution in [2.45, 2.75) is 25.8 Å². The van der Waals surface area contributed by atoms with Gasteiger partial charge in [0.15, 0.2) is 0 Å². The summed E-state index contributed by atoms with van der Waals surface area (Å²) in [5, 5.41) is 5.96. The van der Waals surface area contributed by atoms with Crippen LogP contribution in [0.1, 0.15) is 41.7 Å². The first-order valence-electron chi connectivity index (χ1n) is 8.93. The van der Waals surface area contributed by atoms with E-state index in [-0.39, 0.29) is 23.8 Å². The zero-order valence-electron chi connectivity index (χ0n) is 15.5. The van der Waals surface area contributed by atoms with Crippen LogP contribution in [0.2, 0.25) is 0 Å². The lowest BCUT2D eigenvalue weighted by Gasteiger charge is -2.20. The molecule has 2 aromatic carbocycles. The molecular formula is C21H25N3O2. The molecule has 0 spiro atoms. The van der Waals surface area contributed by atoms with E-state index in [0.29, 0.717) is 11.3 Å². The molecule has 0 aromatic heterocycles. The number of anilines is 2. The smallest absolute Gasteiger partial charge is 0.253 e. The van der Waals surface area contributed by atoms with E-state index in [0.717, 1.165) is 24.1 Å². The summed E-state index contributed by atoms with van der Waals surface area (Å²) < 4.78 is 0. The molecule has 0 aliphatic heterocycles. The summed E-state index contributed by atoms with van der Waals surface area (Å²) in [6, 6.07) is 15.2. The number of carbonyl (C=O) groups is 2. The molecule has 3 rings (SSSR count). The van der Waals surface area contributed by atoms with Crippen molar-refractivity contribution in [1.29, 1.82) is 0 Å². The second-order valence-electron chi connectivity index (χ2n) is 7.00. The summed E-state index contributed by atoms with van der Waals surface area (Å²) in [5.74, 6) is -0.00177. The molecule has 5 heteroatoms. The summed E-state index contributed by atoms with van der Waals surface area (Å²) in [6.45, 7) is 1.96. The van der Waals surface area contributed by atoms with Crippen molar-refractivity contribution in [2.75, 3.05) is 24.3 Å². The predicted molar refractivity (Wildman–Crippen MR) is 104 cm³/mol. The Bertz CT molecular complexity index is 798. The van der Waals surface area contributed by atoms with Crippen LogP contribution in [0.15, 0.2) is 48.5 Å². The molecule has 0 bridgehead atoms. The van der Waals surface area contributed by atoms with Crippen LogP contribution in [0, 0.1) is 5.92 Å². The third-order valence-corrected chi connectivity index (χ3v) is 4.59. The van der Waals surface area contributed by atoms with Crippen LogP contribution in [0.3, 0.4) is 0 Å². The fourth-order valence-electron chi connectivity index (χ4n) is 2.87. The molecule has 5 nitrogen and oxygen atoms in total. The highest BCUT2D eigenvalue weighted by atomic mass is 16.2. The average Bonchev–Trinajstić information content (AvgIpc) is 3.47. The van der Waals surface area contributed by atoms with Crippen LogP contribution in [0.25, 0.3) is 0 Å². The Morgan fingerprint density at radius 3 is 2.38 bits per heavy atom. The highest BCUT2D eigenvalue weighted by Gasteiger charge is 2.29. The van der Waals surface area contributed by atoms with E-state index >= 15 is 0 Å². The molecule has 0 unspecified atom stereocenters. The van der Waals surface area contributed by atoms with Gasteiger partial charge in [-0.15, -0.1) is 0 Å². The minimum Gasteiger partial charge on any atom is -0.377 e. The molecule has 2 N–H and O–H groups in total. The SMILES string of the molecule is C[C@@H](NC(=O)c1cc(NC(=O)C2CC2)ccc1N(C)C)c1ccccc1. The van der Waals surface area contributed by atoms with Gasteiger partial charge in [-0.25, -0.2) is 0 Å². The van der Waals surface area contributed by atoms with Crippen molar-refractivity contribution in [3.8, 4) is 0 Å². The van der Waals surface area contributed by atoms with E-state index < -0.39 is 0 Å². The first-order chi connectivity index (χ1) is 12.5. The summed E-state index contributed by atoms with van der Waals surface area (Å²) in [5.41, 5.74) is 3.06. The topological polar surface area (TPSA) is 61.4 Å². The fourth-order valence-corrected chi connectivity index (χ4v) is 2.87. The fraction of sp³-hybridized carbons (Fsp3) is 0.333. The van der Waals surface area contributed by atoms with E-state index in [2.05, 4.69) is 10.6 Å². The number of benzene rings is 2. The van der Waals surface area contributed by atoms with E-state index in [4.69, 9.17) is 0 Å². The number of nitrogens with zero attached hydrogens (tertiary/aromatic N) is 1. The van der Waals surface area contributed by atoms with Gasteiger partial charge >= 0.3 is 0 Å². The van der Waals surface area contributed by atoms with Crippen LogP contribution >= 0.6 is 0 Å². The Morgan fingerprint density at radius 1 is 1.08 bits per heavy atom. The number of amides is 2. The second kappa shape index (κ2) is 7.60. The maximum atomic E-state index is 12.9. The minimum absolute atomic E-state index is 0.0339. The summed E-state index contributed by atoms with van der Waals surface area (Å²) in [6.07, 6.45) is 1.90. The van der Waals surface area contributed by atoms with Gasteiger partial charge in [0.2, 0.25) is 5.91 Å². The largest absolute Gasteiger partial charge is 0.377 e. The molecular weight excluding hydrogens is 326 g/mol. The van der Waals surface area contributed by atoms with Crippen molar-refractivity contribution in [2.24, 2.45) is 5.92 Å². The van der Waals surface area contributed by atoms with Gasteiger partial charge in [0.05, 0.1) is 11.6 Å². The lowest BCUT2D eigenvalue weighted by atomic mass is 10.1. The average molecular weight is 351 g/mol. The molecule has 1 saturated carbocycles. The van der Waals surface area contributed by atoms with E-state index in [1.807, 2.05) is 68.4 Å². The quantitative estimate of drug-likeness (QED) is 0.836. The van der Waals surface area contributed by atoms with Gasteiger partial charge in [0.25, 0.3) is 5.91 Å². The van der Waals surface area contributed by atoms with Gasteiger partial charge < -0.3 is 15.5 Å². The first kappa shape index (κ1) is 18.0. The van der Waals surface area contributed by atoms with Crippen molar-refractivity contribution in [1.82, 2.24) is 5.32 Å². The van der Waals surface area contributed by atoms with Gasteiger partial charge in [-0.05, 0) is 43.5 Å². The van der Waals surface area contributed by atoms with Gasteiger partial charge in [0.1, 0.15) is 0 Å². The molecule has 1 fully saturated rings. The second-order valence-corrected chi connectivity index (χ2v) is 7.00. The Hall–Kier alpha value is -2.82. The predicted octanol–water partition coefficient (Wildman–Crippen LogP) is 3.59. The van der Waals surface area contributed by atoms with Crippen LogP contribution in [0.5, 0.6) is 0 Å². The number of nitrogens with one attached hydrogen (secondary N) is 2. The highest BCUT2D eigenvalue weighted by molar-refractivity contribution is 6.02. The van der Waals surface area contributed by atoms with Gasteiger partial charge in [0, 0.05) is 31.4 Å². The minimum atomic E-state index is -0.160. The van der Waals surface area contributed by atoms with E-state index in [1.54, 1.807) is 6.07 Å². The standard InChI is InChI=1S/C21H25N3O2/c1-14(15-7-5-4-6-8-15)22-21(26)18-13-17(11-12-19(18)24(2)3)23-20(25)16-9-10-16/h4-8,11-14,16H,9-10H2,1-3H3,(H,22,26)(H,23,25)/t14-/m1/s1. The first-order valence-corrected chi connectivity index (χ1v) is 8.93. The van der Waals surface area contributed by atoms with Crippen LogP contribution in [-0.4, -0.2) is 25.9 Å². The van der Waals surface area contributed by atoms with Crippen LogP contribution in [-0.2, 0) is 4.79 Å². The number of carbonyl (C=O) groups excluding carboxylic acids is 2. The highest BCUT2D eigenvalue weighted by Crippen LogP contribution is 2.31. The normalized spacial score (nSPS) is 14.4. The molecule has 0 heterocycles. The Kier molecular flexibility index (Phi) is 5.26. The van der Waals surface area contributed by atoms with E-state index in [9.17, 15) is 9.59 Å². The van der Waals surface area contributed by atoms with Crippen LogP contribution < -0.4 is 15.5 Å². The Labute approximate surface area is 154 Å². The van der Waals surface area contributed by atoms with Crippen LogP contribution in [0.4, 0.5) is 11.4 Å². The maximum Gasteiger partial charge on any atom is 0.253 e. The zero-order chi connectivity index (χ0) is 18.7. The molecule has 0 saturated heterocycles. The molecule has 2 amide bonds. The van der Waals surface area contributed by atoms with Crippen molar-refractivity contribution in [3.63, 3.8) is 0 Å². The molecule has 1 aliphatic carbocycles. The lowest BCUT2D eigenvalue weighted by Crippen LogP contribution is -2.28. The zero-order valence-corrected chi connectivity index (χ0v) is 15.5. The molecule has 1 atom stereocenters. The third kappa shape index (κ3) is 4.23. The van der Waals surface area contributed by atoms with Crippen molar-refractivity contribution >= 4 is 23.2 Å². The van der Waals surface area contributed by atoms with Gasteiger partial charge in [-0.3, -0.25) is 9.59 Å². The van der Waals surface area contributed by atoms with Crippen molar-refractivity contribution in [3.05, 3.63) is 59.7 Å². The molecule has 136 valence electrons. The molecule has 26 heavy (non-hydrogen) atoms. The van der Waals surface area contributed by atoms with E-state index in [1.165, 1.54) is 0 Å². The maximum absolute atomic E-state index is 12.9. The molecule has 2 aromatic rings. The Balaban J connectivity index is 1.80. The number of rotatable bonds is 6. The summed E-state index contributed by atoms with van der Waals surface area (Å²) in [4.78, 5) is 26.8. The monoisotopic (exact) mass is 351 g/mol. The summed E-state index contributed by atoms with van der Waals surface area (Å²) in [7, 11) is 3.80. The number of hydrogen-bond acceptors (Lipinski definition) is 3. The van der Waals surface area contributed by atoms with Gasteiger partial charge in [-0.2, -0.15) is 0 Å². The third-order valence-electron chi connectivity index (χ3n) is 4.59. The molecule has 0 radical (unpaired) electrons. The molecule has 1 aliphatic rings. The summed E-state index contributed by atoms with van der Waals surface area (Å²) >= 11 is 0. The van der Waals surface area contributed by atoms with Crippen molar-refractivity contribution < 1.29 is 9.59 Å².